The molecule has 1 aromatic carbocycles. The van der Waals surface area contributed by atoms with Gasteiger partial charge in [-0.1, -0.05) is 22.0 Å². The van der Waals surface area contributed by atoms with Gasteiger partial charge < -0.3 is 5.32 Å². The highest BCUT2D eigenvalue weighted by atomic mass is 79.9. The Balaban J connectivity index is 1.80. The highest BCUT2D eigenvalue weighted by Crippen LogP contribution is 2.16. The number of aromatic nitrogens is 4. The van der Waals surface area contributed by atoms with Gasteiger partial charge in [0.05, 0.1) is 23.8 Å². The van der Waals surface area contributed by atoms with E-state index in [1.807, 2.05) is 32.9 Å². The van der Waals surface area contributed by atoms with Crippen molar-refractivity contribution in [2.45, 2.75) is 20.8 Å². The highest BCUT2D eigenvalue weighted by Gasteiger charge is 2.12. The van der Waals surface area contributed by atoms with E-state index in [9.17, 15) is 4.79 Å². The van der Waals surface area contributed by atoms with E-state index in [2.05, 4.69) is 36.3 Å². The van der Waals surface area contributed by atoms with Gasteiger partial charge in [-0.2, -0.15) is 5.10 Å². The quantitative estimate of drug-likeness (QED) is 0.747. The minimum Gasteiger partial charge on any atom is -0.319 e. The molecule has 0 saturated carbocycles. The normalized spacial score (nSPS) is 10.7. The number of carbonyl (C=O) groups is 1. The van der Waals surface area contributed by atoms with Crippen LogP contribution in [0.2, 0.25) is 0 Å². The maximum Gasteiger partial charge on any atom is 0.255 e. The Hall–Kier alpha value is -2.54. The van der Waals surface area contributed by atoms with Crippen LogP contribution in [0.4, 0.5) is 5.69 Å². The van der Waals surface area contributed by atoms with Gasteiger partial charge in [-0.05, 0) is 44.5 Å². The second-order valence-corrected chi connectivity index (χ2v) is 6.36. The van der Waals surface area contributed by atoms with Gasteiger partial charge in [0.2, 0.25) is 0 Å². The van der Waals surface area contributed by atoms with Gasteiger partial charge >= 0.3 is 0 Å². The summed E-state index contributed by atoms with van der Waals surface area (Å²) in [6.07, 6.45) is 3.15. The molecular weight excluding hydrogens is 370 g/mol. The largest absolute Gasteiger partial charge is 0.319 e. The van der Waals surface area contributed by atoms with Gasteiger partial charge in [0.1, 0.15) is 0 Å². The summed E-state index contributed by atoms with van der Waals surface area (Å²) in [7, 11) is 0. The van der Waals surface area contributed by atoms with Gasteiger partial charge in [-0.15, -0.1) is 0 Å². The van der Waals surface area contributed by atoms with E-state index >= 15 is 0 Å². The molecule has 0 aliphatic rings. The fourth-order valence-electron chi connectivity index (χ4n) is 2.24. The molecule has 2 aromatic heterocycles. The Kier molecular flexibility index (Phi) is 4.44. The minimum atomic E-state index is -0.213. The molecule has 24 heavy (non-hydrogen) atoms. The van der Waals surface area contributed by atoms with Gasteiger partial charge in [0, 0.05) is 15.7 Å². The molecule has 6 nitrogen and oxygen atoms in total. The summed E-state index contributed by atoms with van der Waals surface area (Å²) >= 11 is 3.35. The zero-order chi connectivity index (χ0) is 17.3. The van der Waals surface area contributed by atoms with Crippen molar-refractivity contribution in [2.75, 3.05) is 5.32 Å². The Morgan fingerprint density at radius 3 is 2.46 bits per heavy atom. The number of carbonyl (C=O) groups excluding carboxylic acids is 1. The first-order valence-corrected chi connectivity index (χ1v) is 8.17. The summed E-state index contributed by atoms with van der Waals surface area (Å²) in [4.78, 5) is 20.8. The fraction of sp³-hybridized carbons (Fsp3) is 0.176. The van der Waals surface area contributed by atoms with Crippen LogP contribution < -0.4 is 5.32 Å². The van der Waals surface area contributed by atoms with E-state index in [4.69, 9.17) is 0 Å². The SMILES string of the molecule is Cc1nn(-c2ncc(NC(=O)c3cccc(Br)c3)cn2)c(C)c1C. The van der Waals surface area contributed by atoms with Crippen molar-refractivity contribution in [3.05, 3.63) is 63.6 Å². The molecule has 0 spiro atoms. The summed E-state index contributed by atoms with van der Waals surface area (Å²) in [5.41, 5.74) is 4.15. The summed E-state index contributed by atoms with van der Waals surface area (Å²) in [5.74, 6) is 0.263. The van der Waals surface area contributed by atoms with Crippen molar-refractivity contribution >= 4 is 27.5 Å². The van der Waals surface area contributed by atoms with Gasteiger partial charge in [0.15, 0.2) is 0 Å². The second-order valence-electron chi connectivity index (χ2n) is 5.44. The number of nitrogens with zero attached hydrogens (tertiary/aromatic N) is 4. The van der Waals surface area contributed by atoms with Crippen LogP contribution in [0.5, 0.6) is 0 Å². The van der Waals surface area contributed by atoms with Crippen molar-refractivity contribution in [3.63, 3.8) is 0 Å². The predicted octanol–water partition coefficient (Wildman–Crippen LogP) is 3.60. The molecule has 0 fully saturated rings. The lowest BCUT2D eigenvalue weighted by molar-refractivity contribution is 0.102. The third-order valence-corrected chi connectivity index (χ3v) is 4.32. The zero-order valence-electron chi connectivity index (χ0n) is 13.5. The topological polar surface area (TPSA) is 72.7 Å². The van der Waals surface area contributed by atoms with Gasteiger partial charge in [-0.25, -0.2) is 14.6 Å². The molecule has 0 radical (unpaired) electrons. The van der Waals surface area contributed by atoms with Crippen LogP contribution in [-0.2, 0) is 0 Å². The number of amides is 1. The van der Waals surface area contributed by atoms with E-state index < -0.39 is 0 Å². The first-order valence-electron chi connectivity index (χ1n) is 7.38. The lowest BCUT2D eigenvalue weighted by Crippen LogP contribution is -2.13. The predicted molar refractivity (Wildman–Crippen MR) is 95.5 cm³/mol. The molecule has 0 atom stereocenters. The van der Waals surface area contributed by atoms with E-state index in [1.54, 1.807) is 29.2 Å². The second kappa shape index (κ2) is 6.52. The lowest BCUT2D eigenvalue weighted by atomic mass is 10.2. The average molecular weight is 386 g/mol. The third-order valence-electron chi connectivity index (χ3n) is 3.83. The Morgan fingerprint density at radius 1 is 1.17 bits per heavy atom. The van der Waals surface area contributed by atoms with Crippen molar-refractivity contribution in [1.82, 2.24) is 19.7 Å². The molecule has 3 aromatic rings. The van der Waals surface area contributed by atoms with Crippen molar-refractivity contribution in [1.29, 1.82) is 0 Å². The average Bonchev–Trinajstić information content (AvgIpc) is 2.83. The third kappa shape index (κ3) is 3.21. The molecule has 2 heterocycles. The minimum absolute atomic E-state index is 0.213. The van der Waals surface area contributed by atoms with Crippen molar-refractivity contribution < 1.29 is 4.79 Å². The van der Waals surface area contributed by atoms with E-state index in [-0.39, 0.29) is 5.91 Å². The first-order chi connectivity index (χ1) is 11.5. The van der Waals surface area contributed by atoms with Crippen LogP contribution in [0.25, 0.3) is 5.95 Å². The zero-order valence-corrected chi connectivity index (χ0v) is 15.1. The first kappa shape index (κ1) is 16.3. The molecule has 3 rings (SSSR count). The molecule has 0 aliphatic heterocycles. The number of halogens is 1. The standard InChI is InChI=1S/C17H16BrN5O/c1-10-11(2)22-23(12(10)3)17-19-8-15(9-20-17)21-16(24)13-5-4-6-14(18)7-13/h4-9H,1-3H3,(H,21,24). The molecular formula is C17H16BrN5O. The molecule has 7 heteroatoms. The number of rotatable bonds is 3. The number of anilines is 1. The maximum atomic E-state index is 12.2. The summed E-state index contributed by atoms with van der Waals surface area (Å²) in [6.45, 7) is 5.94. The van der Waals surface area contributed by atoms with Gasteiger partial charge in [-0.3, -0.25) is 4.79 Å². The highest BCUT2D eigenvalue weighted by molar-refractivity contribution is 9.10. The van der Waals surface area contributed by atoms with Crippen LogP contribution in [-0.4, -0.2) is 25.7 Å². The van der Waals surface area contributed by atoms with Gasteiger partial charge in [0.25, 0.3) is 11.9 Å². The lowest BCUT2D eigenvalue weighted by Gasteiger charge is -2.06. The molecule has 0 unspecified atom stereocenters. The molecule has 0 aliphatic carbocycles. The molecule has 122 valence electrons. The number of aryl methyl sites for hydroxylation is 1. The maximum absolute atomic E-state index is 12.2. The Morgan fingerprint density at radius 2 is 1.88 bits per heavy atom. The van der Waals surface area contributed by atoms with Crippen molar-refractivity contribution in [3.8, 4) is 5.95 Å². The number of hydrogen-bond donors (Lipinski definition) is 1. The molecule has 0 bridgehead atoms. The van der Waals surface area contributed by atoms with Crippen LogP contribution in [0.1, 0.15) is 27.3 Å². The number of nitrogens with one attached hydrogen (secondary N) is 1. The van der Waals surface area contributed by atoms with E-state index in [0.717, 1.165) is 21.4 Å². The smallest absolute Gasteiger partial charge is 0.255 e. The molecule has 1 amide bonds. The fourth-order valence-corrected chi connectivity index (χ4v) is 2.64. The Bertz CT molecular complexity index is 902. The summed E-state index contributed by atoms with van der Waals surface area (Å²) in [5, 5.41) is 7.21. The number of hydrogen-bond acceptors (Lipinski definition) is 4. The van der Waals surface area contributed by atoms with Crippen LogP contribution in [0.3, 0.4) is 0 Å². The molecule has 1 N–H and O–H groups in total. The van der Waals surface area contributed by atoms with Crippen LogP contribution in [0.15, 0.2) is 41.1 Å². The monoisotopic (exact) mass is 385 g/mol. The molecule has 0 saturated heterocycles. The van der Waals surface area contributed by atoms with Crippen LogP contribution >= 0.6 is 15.9 Å². The van der Waals surface area contributed by atoms with Crippen molar-refractivity contribution in [2.24, 2.45) is 0 Å². The van der Waals surface area contributed by atoms with Crippen LogP contribution in [0, 0.1) is 20.8 Å². The summed E-state index contributed by atoms with van der Waals surface area (Å²) in [6, 6.07) is 7.17. The van der Waals surface area contributed by atoms with E-state index in [1.165, 1.54) is 0 Å². The Labute approximate surface area is 148 Å². The number of benzene rings is 1. The summed E-state index contributed by atoms with van der Waals surface area (Å²) < 4.78 is 2.55. The van der Waals surface area contributed by atoms with E-state index in [0.29, 0.717) is 17.2 Å².